The molecule has 6 rings (SSSR count). The van der Waals surface area contributed by atoms with Crippen LogP contribution in [0.3, 0.4) is 0 Å². The van der Waals surface area contributed by atoms with E-state index in [9.17, 15) is 19.7 Å². The molecular formula is C35H40ClN7O11. The summed E-state index contributed by atoms with van der Waals surface area (Å²) in [5, 5.41) is 24.0. The van der Waals surface area contributed by atoms with Crippen molar-refractivity contribution in [2.24, 2.45) is 0 Å². The Morgan fingerprint density at radius 1 is 1.06 bits per heavy atom. The lowest BCUT2D eigenvalue weighted by Gasteiger charge is -2.19. The Hall–Kier alpha value is -5.17. The van der Waals surface area contributed by atoms with E-state index in [1.54, 1.807) is 11.5 Å². The van der Waals surface area contributed by atoms with Crippen LogP contribution in [0.2, 0.25) is 5.15 Å². The number of aromatic amines is 1. The number of aromatic nitrogens is 6. The van der Waals surface area contributed by atoms with Crippen molar-refractivity contribution in [3.63, 3.8) is 0 Å². The van der Waals surface area contributed by atoms with Gasteiger partial charge in [0.25, 0.3) is 5.09 Å². The number of tetrazole rings is 1. The highest BCUT2D eigenvalue weighted by Gasteiger charge is 2.50. The maximum atomic E-state index is 13.5. The summed E-state index contributed by atoms with van der Waals surface area (Å²) in [6.07, 6.45) is -2.88. The predicted octanol–water partition coefficient (Wildman–Crippen LogP) is 4.97. The fraction of sp³-hybridized carbons (Fsp3) is 0.486. The quantitative estimate of drug-likeness (QED) is 0.0650. The van der Waals surface area contributed by atoms with Crippen LogP contribution >= 0.6 is 11.6 Å². The summed E-state index contributed by atoms with van der Waals surface area (Å²) < 4.78 is 35.3. The Kier molecular flexibility index (Phi) is 12.7. The molecule has 0 saturated carbocycles. The molecule has 288 valence electrons. The number of H-pyrrole nitrogens is 1. The van der Waals surface area contributed by atoms with Gasteiger partial charge in [-0.1, -0.05) is 73.5 Å². The topological polar surface area (TPSA) is 214 Å². The first-order valence-corrected chi connectivity index (χ1v) is 17.9. The smallest absolute Gasteiger partial charge is 0.426 e. The zero-order valence-corrected chi connectivity index (χ0v) is 30.5. The standard InChI is InChI=1S/C35H40ClN7O11/c1-4-5-10-28-37-32(36)29(42(28)17-22-11-13-23(14-12-22)24-8-6-7-9-25(24)33-38-40-41-39-33)34(44)51-21(3)52-35(45)53-27-19-50-30-26(18-49-31(27)30)48-16-15-20(2)54-43(46)47/h6-9,11-14,20-21,26-27,30-31H,4-5,10,15-19H2,1-3H3,(H,38,39,40,41)/t20-,21?,26+,27+,30?,31?/m1/s1. The summed E-state index contributed by atoms with van der Waals surface area (Å²) in [6.45, 7) is 5.66. The summed E-state index contributed by atoms with van der Waals surface area (Å²) in [4.78, 5) is 45.8. The van der Waals surface area contributed by atoms with Gasteiger partial charge in [0.15, 0.2) is 17.0 Å². The number of aryl methyl sites for hydroxylation is 1. The lowest BCUT2D eigenvalue weighted by Crippen LogP contribution is -2.36. The molecule has 54 heavy (non-hydrogen) atoms. The number of benzene rings is 2. The molecule has 18 nitrogen and oxygen atoms in total. The number of esters is 1. The average molecular weight is 770 g/mol. The fourth-order valence-electron chi connectivity index (χ4n) is 6.31. The number of rotatable bonds is 17. The number of fused-ring (bicyclic) bond motifs is 1. The first kappa shape index (κ1) is 38.6. The molecule has 0 spiro atoms. The lowest BCUT2D eigenvalue weighted by atomic mass is 9.98. The lowest BCUT2D eigenvalue weighted by molar-refractivity contribution is -0.767. The zero-order chi connectivity index (χ0) is 38.2. The highest BCUT2D eigenvalue weighted by Crippen LogP contribution is 2.32. The van der Waals surface area contributed by atoms with Crippen LogP contribution in [0.4, 0.5) is 4.79 Å². The third kappa shape index (κ3) is 9.30. The molecule has 2 saturated heterocycles. The number of imidazole rings is 1. The van der Waals surface area contributed by atoms with E-state index in [1.807, 2.05) is 48.5 Å². The summed E-state index contributed by atoms with van der Waals surface area (Å²) in [6, 6.07) is 15.6. The summed E-state index contributed by atoms with van der Waals surface area (Å²) in [5.74, 6) is 0.263. The van der Waals surface area contributed by atoms with E-state index in [1.165, 1.54) is 6.92 Å². The number of nitrogens with zero attached hydrogens (tertiary/aromatic N) is 6. The molecule has 0 radical (unpaired) electrons. The van der Waals surface area contributed by atoms with E-state index >= 15 is 0 Å². The van der Waals surface area contributed by atoms with Crippen LogP contribution in [-0.2, 0) is 46.2 Å². The van der Waals surface area contributed by atoms with Crippen LogP contribution in [0, 0.1) is 10.1 Å². The van der Waals surface area contributed by atoms with E-state index in [-0.39, 0.29) is 43.6 Å². The van der Waals surface area contributed by atoms with Crippen LogP contribution in [0.15, 0.2) is 48.5 Å². The van der Waals surface area contributed by atoms with Crippen LogP contribution in [0.25, 0.3) is 22.5 Å². The number of halogens is 1. The second kappa shape index (κ2) is 17.8. The van der Waals surface area contributed by atoms with Crippen LogP contribution in [0.1, 0.15) is 61.9 Å². The van der Waals surface area contributed by atoms with Crippen molar-refractivity contribution in [2.45, 2.75) is 89.8 Å². The summed E-state index contributed by atoms with van der Waals surface area (Å²) >= 11 is 6.54. The number of carbonyl (C=O) groups is 2. The molecule has 0 aliphatic carbocycles. The molecule has 1 N–H and O–H groups in total. The molecule has 19 heteroatoms. The summed E-state index contributed by atoms with van der Waals surface area (Å²) in [5.41, 5.74) is 3.59. The van der Waals surface area contributed by atoms with Gasteiger partial charge >= 0.3 is 12.1 Å². The van der Waals surface area contributed by atoms with Gasteiger partial charge in [-0.25, -0.2) is 14.6 Å². The zero-order valence-electron chi connectivity index (χ0n) is 29.8. The molecule has 4 heterocycles. The Morgan fingerprint density at radius 3 is 2.48 bits per heavy atom. The van der Waals surface area contributed by atoms with Crippen molar-refractivity contribution in [1.82, 2.24) is 30.2 Å². The normalized spacial score (nSPS) is 20.2. The van der Waals surface area contributed by atoms with Crippen molar-refractivity contribution in [1.29, 1.82) is 0 Å². The van der Waals surface area contributed by atoms with Gasteiger partial charge in [-0.05, 0) is 41.7 Å². The van der Waals surface area contributed by atoms with Gasteiger partial charge in [-0.2, -0.15) is 5.21 Å². The molecule has 0 amide bonds. The Labute approximate surface area is 314 Å². The predicted molar refractivity (Wildman–Crippen MR) is 188 cm³/mol. The highest BCUT2D eigenvalue weighted by molar-refractivity contribution is 6.32. The average Bonchev–Trinajstić information content (AvgIpc) is 3.94. The number of carbonyl (C=O) groups excluding carboxylic acids is 2. The molecular weight excluding hydrogens is 730 g/mol. The Balaban J connectivity index is 1.06. The Bertz CT molecular complexity index is 1890. The van der Waals surface area contributed by atoms with Crippen molar-refractivity contribution < 1.29 is 47.9 Å². The molecule has 2 fully saturated rings. The molecule has 4 aromatic rings. The molecule has 2 aromatic carbocycles. The highest BCUT2D eigenvalue weighted by atomic mass is 35.5. The van der Waals surface area contributed by atoms with Crippen LogP contribution in [0.5, 0.6) is 0 Å². The van der Waals surface area contributed by atoms with Crippen LogP contribution in [-0.4, -0.2) is 104 Å². The van der Waals surface area contributed by atoms with Gasteiger partial charge in [0.05, 0.1) is 13.2 Å². The molecule has 2 aliphatic heterocycles. The third-order valence-corrected chi connectivity index (χ3v) is 9.20. The van der Waals surface area contributed by atoms with Crippen molar-refractivity contribution >= 4 is 23.7 Å². The molecule has 2 aromatic heterocycles. The van der Waals surface area contributed by atoms with Gasteiger partial charge in [0.2, 0.25) is 12.1 Å². The number of ether oxygens (including phenoxy) is 6. The maximum absolute atomic E-state index is 13.5. The second-order valence-electron chi connectivity index (χ2n) is 12.8. The maximum Gasteiger partial charge on any atom is 0.511 e. The SMILES string of the molecule is CCCCc1nc(Cl)c(C(=O)OC(C)OC(=O)O[C@H]2COC3C2OC[C@@H]3OCC[C@@H](C)O[N+](=O)[O-])n1Cc1ccc(-c2ccccc2-c2nn[nH]n2)cc1. The molecule has 2 aliphatic rings. The second-order valence-corrected chi connectivity index (χ2v) is 13.1. The van der Waals surface area contributed by atoms with Gasteiger partial charge in [0.1, 0.15) is 30.2 Å². The van der Waals surface area contributed by atoms with Gasteiger partial charge in [-0.3, -0.25) is 0 Å². The summed E-state index contributed by atoms with van der Waals surface area (Å²) in [7, 11) is 0. The van der Waals surface area contributed by atoms with Crippen molar-refractivity contribution in [3.05, 3.63) is 80.9 Å². The number of hydrogen-bond acceptors (Lipinski definition) is 15. The molecule has 3 unspecified atom stereocenters. The minimum absolute atomic E-state index is 0.0230. The number of nitrogens with one attached hydrogen (secondary N) is 1. The fourth-order valence-corrected chi connectivity index (χ4v) is 6.59. The van der Waals surface area contributed by atoms with E-state index in [0.29, 0.717) is 18.1 Å². The largest absolute Gasteiger partial charge is 0.511 e. The van der Waals surface area contributed by atoms with Crippen molar-refractivity contribution in [2.75, 3.05) is 19.8 Å². The molecule has 6 atom stereocenters. The van der Waals surface area contributed by atoms with E-state index in [2.05, 4.69) is 37.4 Å². The number of unbranched alkanes of at least 4 members (excludes halogenated alkanes) is 1. The van der Waals surface area contributed by atoms with E-state index in [4.69, 9.17) is 40.0 Å². The first-order chi connectivity index (χ1) is 26.1. The Morgan fingerprint density at radius 2 is 1.78 bits per heavy atom. The van der Waals surface area contributed by atoms with E-state index < -0.39 is 54.0 Å². The van der Waals surface area contributed by atoms with Crippen molar-refractivity contribution in [3.8, 4) is 22.5 Å². The minimum atomic E-state index is -1.34. The monoisotopic (exact) mass is 769 g/mol. The van der Waals surface area contributed by atoms with Gasteiger partial charge in [0, 0.05) is 32.1 Å². The van der Waals surface area contributed by atoms with E-state index in [0.717, 1.165) is 35.1 Å². The first-order valence-electron chi connectivity index (χ1n) is 17.5. The van der Waals surface area contributed by atoms with Gasteiger partial charge < -0.3 is 37.8 Å². The minimum Gasteiger partial charge on any atom is -0.426 e. The van der Waals surface area contributed by atoms with Crippen LogP contribution < -0.4 is 0 Å². The molecule has 0 bridgehead atoms. The third-order valence-electron chi connectivity index (χ3n) is 8.94. The van der Waals surface area contributed by atoms with Gasteiger partial charge in [-0.15, -0.1) is 20.3 Å². The number of hydrogen-bond donors (Lipinski definition) is 1.